The van der Waals surface area contributed by atoms with Gasteiger partial charge in [0.1, 0.15) is 5.69 Å². The Labute approximate surface area is 132 Å². The van der Waals surface area contributed by atoms with Gasteiger partial charge < -0.3 is 9.47 Å². The summed E-state index contributed by atoms with van der Waals surface area (Å²) in [5.74, 6) is 0.0897. The fourth-order valence-corrected chi connectivity index (χ4v) is 2.91. The molecule has 1 amide bonds. The second kappa shape index (κ2) is 6.02. The molecule has 0 unspecified atom stereocenters. The summed E-state index contributed by atoms with van der Waals surface area (Å²) in [7, 11) is 0. The molecule has 2 aromatic rings. The molecule has 0 atom stereocenters. The van der Waals surface area contributed by atoms with Crippen molar-refractivity contribution in [2.45, 2.75) is 32.4 Å². The lowest BCUT2D eigenvalue weighted by molar-refractivity contribution is 0.0741. The Balaban J connectivity index is 1.82. The van der Waals surface area contributed by atoms with Crippen molar-refractivity contribution < 1.29 is 4.79 Å². The zero-order valence-electron chi connectivity index (χ0n) is 12.0. The molecule has 0 spiro atoms. The number of amides is 1. The van der Waals surface area contributed by atoms with E-state index in [1.165, 1.54) is 0 Å². The monoisotopic (exact) mass is 347 g/mol. The molecule has 2 heterocycles. The molecule has 0 saturated heterocycles. The van der Waals surface area contributed by atoms with Crippen molar-refractivity contribution >= 4 is 21.8 Å². The number of aromatic nitrogens is 2. The van der Waals surface area contributed by atoms with Crippen molar-refractivity contribution in [3.05, 3.63) is 52.5 Å². The summed E-state index contributed by atoms with van der Waals surface area (Å²) in [5, 5.41) is 0. The summed E-state index contributed by atoms with van der Waals surface area (Å²) >= 11 is 3.49. The maximum absolute atomic E-state index is 12.8. The molecule has 0 aliphatic heterocycles. The van der Waals surface area contributed by atoms with Crippen molar-refractivity contribution in [3.8, 4) is 0 Å². The number of hydrogen-bond acceptors (Lipinski definition) is 2. The normalized spacial score (nSPS) is 14.2. The fourth-order valence-electron chi connectivity index (χ4n) is 2.47. The zero-order valence-corrected chi connectivity index (χ0v) is 13.6. The number of rotatable bonds is 5. The molecule has 1 aliphatic carbocycles. The van der Waals surface area contributed by atoms with E-state index in [9.17, 15) is 4.79 Å². The number of halogens is 1. The van der Waals surface area contributed by atoms with E-state index in [0.29, 0.717) is 19.1 Å². The quantitative estimate of drug-likeness (QED) is 0.827. The van der Waals surface area contributed by atoms with Crippen molar-refractivity contribution in [2.24, 2.45) is 0 Å². The Kier molecular flexibility index (Phi) is 4.10. The predicted molar refractivity (Wildman–Crippen MR) is 85.1 cm³/mol. The minimum atomic E-state index is 0.0897. The van der Waals surface area contributed by atoms with E-state index in [0.717, 1.165) is 28.6 Å². The van der Waals surface area contributed by atoms with Crippen molar-refractivity contribution in [1.29, 1.82) is 0 Å². The van der Waals surface area contributed by atoms with Crippen molar-refractivity contribution in [1.82, 2.24) is 14.5 Å². The molecular weight excluding hydrogens is 330 g/mol. The van der Waals surface area contributed by atoms with Crippen LogP contribution in [0, 0.1) is 0 Å². The van der Waals surface area contributed by atoms with E-state index >= 15 is 0 Å². The first-order chi connectivity index (χ1) is 10.2. The number of nitrogens with zero attached hydrogens (tertiary/aromatic N) is 3. The molecule has 21 heavy (non-hydrogen) atoms. The van der Waals surface area contributed by atoms with Crippen molar-refractivity contribution in [3.63, 3.8) is 0 Å². The lowest BCUT2D eigenvalue weighted by atomic mass is 10.2. The van der Waals surface area contributed by atoms with Gasteiger partial charge in [-0.05, 0) is 59.5 Å². The van der Waals surface area contributed by atoms with Gasteiger partial charge in [-0.1, -0.05) is 0 Å². The second-order valence-electron chi connectivity index (χ2n) is 5.36. The van der Waals surface area contributed by atoms with Crippen LogP contribution in [0.3, 0.4) is 0 Å². The maximum Gasteiger partial charge on any atom is 0.270 e. The summed E-state index contributed by atoms with van der Waals surface area (Å²) in [5.41, 5.74) is 1.88. The lowest BCUT2D eigenvalue weighted by Crippen LogP contribution is -2.31. The van der Waals surface area contributed by atoms with Crippen LogP contribution in [0.1, 0.15) is 41.9 Å². The first-order valence-corrected chi connectivity index (χ1v) is 8.04. The molecule has 0 N–H and O–H groups in total. The summed E-state index contributed by atoms with van der Waals surface area (Å²) < 4.78 is 3.08. The molecule has 110 valence electrons. The molecule has 5 heteroatoms. The van der Waals surface area contributed by atoms with Gasteiger partial charge in [0.15, 0.2) is 0 Å². The van der Waals surface area contributed by atoms with Gasteiger partial charge in [0.2, 0.25) is 0 Å². The number of carbonyl (C=O) groups is 1. The van der Waals surface area contributed by atoms with Crippen LogP contribution in [0.15, 0.2) is 41.3 Å². The molecular formula is C16H18BrN3O. The highest BCUT2D eigenvalue weighted by Crippen LogP contribution is 2.37. The largest absolute Gasteiger partial charge is 0.339 e. The van der Waals surface area contributed by atoms with E-state index in [1.807, 2.05) is 36.2 Å². The van der Waals surface area contributed by atoms with E-state index in [2.05, 4.69) is 25.5 Å². The average molecular weight is 348 g/mol. The Morgan fingerprint density at radius 1 is 1.43 bits per heavy atom. The number of carbonyl (C=O) groups excluding carboxylic acids is 1. The summed E-state index contributed by atoms with van der Waals surface area (Å²) in [4.78, 5) is 18.7. The van der Waals surface area contributed by atoms with Crippen LogP contribution in [0.25, 0.3) is 0 Å². The third-order valence-corrected chi connectivity index (χ3v) is 4.20. The fraction of sp³-hybridized carbons (Fsp3) is 0.375. The van der Waals surface area contributed by atoms with Crippen LogP contribution in [-0.4, -0.2) is 26.9 Å². The number of hydrogen-bond donors (Lipinski definition) is 0. The van der Waals surface area contributed by atoms with Crippen LogP contribution in [0.4, 0.5) is 0 Å². The highest BCUT2D eigenvalue weighted by atomic mass is 79.9. The van der Waals surface area contributed by atoms with Crippen LogP contribution < -0.4 is 0 Å². The second-order valence-corrected chi connectivity index (χ2v) is 6.27. The highest BCUT2D eigenvalue weighted by molar-refractivity contribution is 9.10. The Bertz CT molecular complexity index is 634. The number of pyridine rings is 1. The average Bonchev–Trinajstić information content (AvgIpc) is 3.27. The summed E-state index contributed by atoms with van der Waals surface area (Å²) in [6, 6.07) is 6.32. The minimum Gasteiger partial charge on any atom is -0.339 e. The van der Waals surface area contributed by atoms with Gasteiger partial charge in [-0.3, -0.25) is 9.78 Å². The maximum atomic E-state index is 12.8. The summed E-state index contributed by atoms with van der Waals surface area (Å²) in [6.45, 7) is 3.32. The Hall–Kier alpha value is -1.62. The highest BCUT2D eigenvalue weighted by Gasteiger charge is 2.29. The molecule has 1 fully saturated rings. The summed E-state index contributed by atoms with van der Waals surface area (Å²) in [6.07, 6.45) is 7.87. The molecule has 4 nitrogen and oxygen atoms in total. The van der Waals surface area contributed by atoms with Gasteiger partial charge in [0, 0.05) is 42.2 Å². The molecule has 1 saturated carbocycles. The SMILES string of the molecule is CCN(Cc1ccncc1)C(=O)c1cc(Br)cn1C1CC1. The smallest absolute Gasteiger partial charge is 0.270 e. The zero-order chi connectivity index (χ0) is 14.8. The molecule has 2 aromatic heterocycles. The van der Waals surface area contributed by atoms with Crippen LogP contribution >= 0.6 is 15.9 Å². The minimum absolute atomic E-state index is 0.0897. The van der Waals surface area contributed by atoms with Gasteiger partial charge in [-0.2, -0.15) is 0 Å². The first kappa shape index (κ1) is 14.3. The van der Waals surface area contributed by atoms with Crippen LogP contribution in [0.2, 0.25) is 0 Å². The molecule has 0 aromatic carbocycles. The van der Waals surface area contributed by atoms with E-state index in [-0.39, 0.29) is 5.91 Å². The van der Waals surface area contributed by atoms with Gasteiger partial charge in [0.25, 0.3) is 5.91 Å². The Morgan fingerprint density at radius 3 is 2.76 bits per heavy atom. The van der Waals surface area contributed by atoms with Crippen LogP contribution in [-0.2, 0) is 6.54 Å². The van der Waals surface area contributed by atoms with Crippen LogP contribution in [0.5, 0.6) is 0 Å². The Morgan fingerprint density at radius 2 is 2.14 bits per heavy atom. The standard InChI is InChI=1S/C16H18BrN3O/c1-2-19(10-12-5-7-18-8-6-12)16(21)15-9-13(17)11-20(15)14-3-4-14/h5-9,11,14H,2-4,10H2,1H3. The lowest BCUT2D eigenvalue weighted by Gasteiger charge is -2.21. The predicted octanol–water partition coefficient (Wildman–Crippen LogP) is 3.64. The third kappa shape index (κ3) is 3.18. The van der Waals surface area contributed by atoms with E-state index in [4.69, 9.17) is 0 Å². The molecule has 1 aliphatic rings. The van der Waals surface area contributed by atoms with E-state index in [1.54, 1.807) is 12.4 Å². The molecule has 0 bridgehead atoms. The van der Waals surface area contributed by atoms with Gasteiger partial charge in [-0.25, -0.2) is 0 Å². The molecule has 3 rings (SSSR count). The van der Waals surface area contributed by atoms with E-state index < -0.39 is 0 Å². The van der Waals surface area contributed by atoms with Gasteiger partial charge in [-0.15, -0.1) is 0 Å². The van der Waals surface area contributed by atoms with Gasteiger partial charge in [0.05, 0.1) is 0 Å². The van der Waals surface area contributed by atoms with Gasteiger partial charge >= 0.3 is 0 Å². The topological polar surface area (TPSA) is 38.1 Å². The first-order valence-electron chi connectivity index (χ1n) is 7.24. The third-order valence-electron chi connectivity index (χ3n) is 3.77. The molecule has 0 radical (unpaired) electrons. The van der Waals surface area contributed by atoms with Crippen molar-refractivity contribution in [2.75, 3.05) is 6.54 Å².